The number of fused-ring (bicyclic) bond motifs is 4. The molecule has 0 saturated carbocycles. The summed E-state index contributed by atoms with van der Waals surface area (Å²) in [6, 6.07) is 2.18. The molecule has 132 valence electrons. The van der Waals surface area contributed by atoms with Crippen LogP contribution < -0.4 is 10.6 Å². The van der Waals surface area contributed by atoms with Crippen LogP contribution in [-0.4, -0.2) is 46.9 Å². The predicted molar refractivity (Wildman–Crippen MR) is 93.3 cm³/mol. The third-order valence-corrected chi connectivity index (χ3v) is 5.48. The van der Waals surface area contributed by atoms with Crippen molar-refractivity contribution in [2.24, 2.45) is 5.92 Å². The quantitative estimate of drug-likeness (QED) is 0.891. The molecule has 2 amide bonds. The lowest BCUT2D eigenvalue weighted by molar-refractivity contribution is -0.114. The molecule has 3 saturated heterocycles. The average Bonchev–Trinajstić information content (AvgIpc) is 3.00. The first-order valence-electron chi connectivity index (χ1n) is 8.72. The molecule has 2 N–H and O–H groups in total. The monoisotopic (exact) mass is 342 g/mol. The maximum absolute atomic E-state index is 12.7. The summed E-state index contributed by atoms with van der Waals surface area (Å²) in [6.45, 7) is 5.86. The molecule has 25 heavy (non-hydrogen) atoms. The molecule has 3 aliphatic rings. The minimum atomic E-state index is -0.188. The van der Waals surface area contributed by atoms with Crippen molar-refractivity contribution >= 4 is 28.5 Å². The van der Waals surface area contributed by atoms with Gasteiger partial charge in [-0.2, -0.15) is 0 Å². The molecule has 3 fully saturated rings. The van der Waals surface area contributed by atoms with Crippen molar-refractivity contribution < 1.29 is 14.0 Å². The van der Waals surface area contributed by atoms with Gasteiger partial charge in [0.15, 0.2) is 5.58 Å². The molecule has 0 spiro atoms. The molecule has 7 nitrogen and oxygen atoms in total. The number of nitrogens with one attached hydrogen (secondary N) is 2. The molecule has 2 aromatic rings. The summed E-state index contributed by atoms with van der Waals surface area (Å²) < 4.78 is 5.38. The Labute approximate surface area is 145 Å². The van der Waals surface area contributed by atoms with Gasteiger partial charge in [0.05, 0.1) is 11.9 Å². The van der Waals surface area contributed by atoms with Crippen LogP contribution in [0.1, 0.15) is 37.2 Å². The van der Waals surface area contributed by atoms with E-state index in [1.54, 1.807) is 6.07 Å². The van der Waals surface area contributed by atoms with Gasteiger partial charge < -0.3 is 15.1 Å². The second-order valence-electron chi connectivity index (χ2n) is 7.01. The molecule has 0 unspecified atom stereocenters. The van der Waals surface area contributed by atoms with Crippen LogP contribution in [0.2, 0.25) is 0 Å². The van der Waals surface area contributed by atoms with Crippen molar-refractivity contribution in [2.45, 2.75) is 38.8 Å². The molecule has 5 heterocycles. The fraction of sp³-hybridized carbons (Fsp3) is 0.500. The number of carbonyl (C=O) groups excluding carboxylic acids is 2. The second-order valence-corrected chi connectivity index (χ2v) is 7.01. The van der Waals surface area contributed by atoms with Crippen molar-refractivity contribution in [2.75, 3.05) is 18.4 Å². The Morgan fingerprint density at radius 3 is 2.76 bits per heavy atom. The minimum absolute atomic E-state index is 0.159. The number of nitrogens with zero attached hydrogens (tertiary/aromatic N) is 2. The normalized spacial score (nSPS) is 28.1. The van der Waals surface area contributed by atoms with Crippen LogP contribution in [0.25, 0.3) is 11.0 Å². The maximum Gasteiger partial charge on any atom is 0.270 e. The minimum Gasteiger partial charge on any atom is -0.460 e. The van der Waals surface area contributed by atoms with Gasteiger partial charge >= 0.3 is 0 Å². The van der Waals surface area contributed by atoms with Crippen LogP contribution >= 0.6 is 0 Å². The van der Waals surface area contributed by atoms with Crippen molar-refractivity contribution in [3.8, 4) is 0 Å². The van der Waals surface area contributed by atoms with E-state index in [1.807, 2.05) is 0 Å². The van der Waals surface area contributed by atoms with Crippen molar-refractivity contribution in [1.29, 1.82) is 0 Å². The van der Waals surface area contributed by atoms with Gasteiger partial charge in [-0.05, 0) is 44.8 Å². The first kappa shape index (κ1) is 16.1. The standard InChI is InChI=1S/C18H22N4O3/c1-10-17(12-3-5-22(10)6-4-12)21-18(24)14-7-13-15(20-11(2)23)9-25-16(13)8-19-14/h7-10,12,17H,3-6H2,1-2H3,(H,20,23)(H,21,24)/t10-,17-/m0/s1. The molecule has 2 bridgehead atoms. The van der Waals surface area contributed by atoms with Gasteiger partial charge in [-0.25, -0.2) is 4.98 Å². The summed E-state index contributed by atoms with van der Waals surface area (Å²) in [6.07, 6.45) is 5.26. The van der Waals surface area contributed by atoms with E-state index < -0.39 is 0 Å². The SMILES string of the molecule is CC(=O)Nc1coc2cnc(C(=O)N[C@@H]3C4CCN(CC4)[C@H]3C)cc12. The van der Waals surface area contributed by atoms with Gasteiger partial charge in [0.2, 0.25) is 5.91 Å². The Hall–Kier alpha value is -2.41. The third-order valence-electron chi connectivity index (χ3n) is 5.48. The van der Waals surface area contributed by atoms with Crippen LogP contribution in [0, 0.1) is 5.92 Å². The number of pyridine rings is 1. The number of amides is 2. The van der Waals surface area contributed by atoms with Crippen molar-refractivity contribution in [1.82, 2.24) is 15.2 Å². The van der Waals surface area contributed by atoms with Crippen LogP contribution in [0.5, 0.6) is 0 Å². The van der Waals surface area contributed by atoms with Crippen molar-refractivity contribution in [3.63, 3.8) is 0 Å². The summed E-state index contributed by atoms with van der Waals surface area (Å²) in [4.78, 5) is 30.7. The molecule has 2 atom stereocenters. The predicted octanol–water partition coefficient (Wildman–Crippen LogP) is 2.00. The van der Waals surface area contributed by atoms with Crippen molar-refractivity contribution in [3.05, 3.63) is 24.2 Å². The van der Waals surface area contributed by atoms with Gasteiger partial charge in [0.25, 0.3) is 5.91 Å². The number of rotatable bonds is 3. The summed E-state index contributed by atoms with van der Waals surface area (Å²) in [5.74, 6) is 0.172. The number of carbonyl (C=O) groups is 2. The first-order chi connectivity index (χ1) is 12.0. The van der Waals surface area contributed by atoms with E-state index in [0.29, 0.717) is 34.3 Å². The average molecular weight is 342 g/mol. The van der Waals surface area contributed by atoms with Gasteiger partial charge in [-0.15, -0.1) is 0 Å². The summed E-state index contributed by atoms with van der Waals surface area (Å²) >= 11 is 0. The van der Waals surface area contributed by atoms with Crippen LogP contribution in [0.15, 0.2) is 22.9 Å². The van der Waals surface area contributed by atoms with E-state index in [4.69, 9.17) is 4.42 Å². The number of furan rings is 1. The molecule has 5 rings (SSSR count). The van der Waals surface area contributed by atoms with E-state index in [0.717, 1.165) is 25.9 Å². The van der Waals surface area contributed by atoms with Gasteiger partial charge in [0, 0.05) is 24.4 Å². The van der Waals surface area contributed by atoms with E-state index in [1.165, 1.54) is 19.4 Å². The topological polar surface area (TPSA) is 87.5 Å². The number of aromatic nitrogens is 1. The zero-order valence-electron chi connectivity index (χ0n) is 14.4. The zero-order valence-corrected chi connectivity index (χ0v) is 14.4. The second kappa shape index (κ2) is 6.15. The first-order valence-corrected chi connectivity index (χ1v) is 8.72. The molecule has 0 aromatic carbocycles. The smallest absolute Gasteiger partial charge is 0.270 e. The molecule has 3 aliphatic heterocycles. The Bertz CT molecular complexity index is 821. The molecular weight excluding hydrogens is 320 g/mol. The lowest BCUT2D eigenvalue weighted by atomic mass is 9.79. The van der Waals surface area contributed by atoms with E-state index in [2.05, 4.69) is 27.4 Å². The van der Waals surface area contributed by atoms with E-state index in [9.17, 15) is 9.59 Å². The van der Waals surface area contributed by atoms with Gasteiger partial charge in [0.1, 0.15) is 12.0 Å². The third kappa shape index (κ3) is 2.89. The number of anilines is 1. The molecular formula is C18H22N4O3. The fourth-order valence-electron chi connectivity index (χ4n) is 4.11. The van der Waals surface area contributed by atoms with Crippen LogP contribution in [0.3, 0.4) is 0 Å². The lowest BCUT2D eigenvalue weighted by Gasteiger charge is -2.49. The van der Waals surface area contributed by atoms with Gasteiger partial charge in [-0.3, -0.25) is 14.5 Å². The molecule has 0 radical (unpaired) electrons. The Morgan fingerprint density at radius 1 is 1.32 bits per heavy atom. The highest BCUT2D eigenvalue weighted by molar-refractivity contribution is 6.02. The maximum atomic E-state index is 12.7. The Morgan fingerprint density at radius 2 is 2.08 bits per heavy atom. The lowest BCUT2D eigenvalue weighted by Crippen LogP contribution is -2.62. The summed E-state index contributed by atoms with van der Waals surface area (Å²) in [7, 11) is 0. The fourth-order valence-corrected chi connectivity index (χ4v) is 4.11. The number of piperidine rings is 3. The highest BCUT2D eigenvalue weighted by Gasteiger charge is 2.40. The largest absolute Gasteiger partial charge is 0.460 e. The summed E-state index contributed by atoms with van der Waals surface area (Å²) in [5, 5.41) is 6.56. The zero-order chi connectivity index (χ0) is 17.6. The molecule has 7 heteroatoms. The highest BCUT2D eigenvalue weighted by Crippen LogP contribution is 2.32. The number of hydrogen-bond donors (Lipinski definition) is 2. The summed E-state index contributed by atoms with van der Waals surface area (Å²) in [5.41, 5.74) is 1.43. The van der Waals surface area contributed by atoms with Crippen LogP contribution in [-0.2, 0) is 4.79 Å². The number of hydrogen-bond acceptors (Lipinski definition) is 5. The Kier molecular flexibility index (Phi) is 3.95. The van der Waals surface area contributed by atoms with E-state index >= 15 is 0 Å². The van der Waals surface area contributed by atoms with E-state index in [-0.39, 0.29) is 17.9 Å². The van der Waals surface area contributed by atoms with Crippen LogP contribution in [0.4, 0.5) is 5.69 Å². The van der Waals surface area contributed by atoms with Gasteiger partial charge in [-0.1, -0.05) is 0 Å². The Balaban J connectivity index is 1.56. The molecule has 2 aromatic heterocycles. The molecule has 0 aliphatic carbocycles. The highest BCUT2D eigenvalue weighted by atomic mass is 16.3.